The van der Waals surface area contributed by atoms with Crippen LogP contribution in [0.3, 0.4) is 0 Å². The van der Waals surface area contributed by atoms with E-state index in [-0.39, 0.29) is 18.4 Å². The molecule has 2 aliphatic rings. The first-order chi connectivity index (χ1) is 11.0. The minimum atomic E-state index is -3.13. The van der Waals surface area contributed by atoms with Crippen LogP contribution in [0.4, 0.5) is 17.3 Å². The van der Waals surface area contributed by atoms with E-state index < -0.39 is 7.60 Å². The molecular weight excluding hydrogens is 321 g/mol. The number of nitrogens with zero attached hydrogens (tertiary/aromatic N) is 3. The van der Waals surface area contributed by atoms with Gasteiger partial charge in [0.25, 0.3) is 0 Å². The molecule has 0 radical (unpaired) electrons. The third-order valence-corrected chi connectivity index (χ3v) is 5.26. The highest BCUT2D eigenvalue weighted by Crippen LogP contribution is 2.51. The summed E-state index contributed by atoms with van der Waals surface area (Å²) in [6.45, 7) is 5.92. The quantitative estimate of drug-likeness (QED) is 0.768. The molecule has 1 atom stereocenters. The Morgan fingerprint density at radius 3 is 3.00 bits per heavy atom. The molecule has 3 rings (SSSR count). The molecule has 0 spiro atoms. The number of hydrogen-bond acceptors (Lipinski definition) is 9. The Hall–Kier alpha value is -1.41. The normalized spacial score (nSPS) is 28.3. The molecule has 3 N–H and O–H groups in total. The van der Waals surface area contributed by atoms with Gasteiger partial charge in [0.05, 0.1) is 26.0 Å². The molecule has 3 heterocycles. The fraction of sp³-hybridized carbons (Fsp3) is 0.692. The molecule has 0 saturated carbocycles. The van der Waals surface area contributed by atoms with E-state index >= 15 is 0 Å². The van der Waals surface area contributed by atoms with Gasteiger partial charge in [0.15, 0.2) is 11.6 Å². The van der Waals surface area contributed by atoms with Gasteiger partial charge < -0.3 is 29.7 Å². The number of nitrogens with one attached hydrogen (secondary N) is 1. The van der Waals surface area contributed by atoms with Crippen molar-refractivity contribution in [2.45, 2.75) is 20.0 Å². The molecule has 9 nitrogen and oxygen atoms in total. The lowest BCUT2D eigenvalue weighted by atomic mass is 10.2. The Balaban J connectivity index is 1.52. The Labute approximate surface area is 135 Å². The largest absolute Gasteiger partial charge is 0.382 e. The molecule has 0 aromatic carbocycles. The summed E-state index contributed by atoms with van der Waals surface area (Å²) in [6, 6.07) is 0. The van der Waals surface area contributed by atoms with Crippen molar-refractivity contribution in [2.24, 2.45) is 5.92 Å². The number of aromatic nitrogens is 2. The second-order valence-corrected chi connectivity index (χ2v) is 7.93. The van der Waals surface area contributed by atoms with Crippen molar-refractivity contribution >= 4 is 24.9 Å². The first-order valence-corrected chi connectivity index (χ1v) is 9.28. The number of anilines is 3. The topological polar surface area (TPSA) is 112 Å². The first kappa shape index (κ1) is 16.4. The smallest absolute Gasteiger partial charge is 0.356 e. The fourth-order valence-corrected chi connectivity index (χ4v) is 4.05. The van der Waals surface area contributed by atoms with Crippen LogP contribution in [0.25, 0.3) is 0 Å². The van der Waals surface area contributed by atoms with E-state index in [2.05, 4.69) is 15.3 Å². The first-order valence-electron chi connectivity index (χ1n) is 7.56. The van der Waals surface area contributed by atoms with Gasteiger partial charge in [-0.25, -0.2) is 9.97 Å². The van der Waals surface area contributed by atoms with Gasteiger partial charge in [0, 0.05) is 12.5 Å². The van der Waals surface area contributed by atoms with E-state index in [1.807, 2.05) is 18.7 Å². The molecule has 2 aliphatic heterocycles. The van der Waals surface area contributed by atoms with Crippen LogP contribution in [0.2, 0.25) is 0 Å². The van der Waals surface area contributed by atoms with Gasteiger partial charge in [-0.05, 0) is 6.92 Å². The monoisotopic (exact) mass is 343 g/mol. The second-order valence-electron chi connectivity index (χ2n) is 5.93. The average molecular weight is 343 g/mol. The van der Waals surface area contributed by atoms with Gasteiger partial charge in [-0.1, -0.05) is 6.92 Å². The Bertz CT molecular complexity index is 604. The number of nitrogens with two attached hydrogens (primary N) is 1. The number of nitrogen functional groups attached to an aromatic ring is 1. The Morgan fingerprint density at radius 1 is 1.52 bits per heavy atom. The lowest BCUT2D eigenvalue weighted by molar-refractivity contribution is 0.0517. The molecule has 1 fully saturated rings. The van der Waals surface area contributed by atoms with E-state index in [9.17, 15) is 4.57 Å². The summed E-state index contributed by atoms with van der Waals surface area (Å²) < 4.78 is 28.6. The van der Waals surface area contributed by atoms with Crippen molar-refractivity contribution in [2.75, 3.05) is 48.7 Å². The van der Waals surface area contributed by atoms with E-state index in [0.29, 0.717) is 32.2 Å². The zero-order valence-electron chi connectivity index (χ0n) is 13.3. The third-order valence-electron chi connectivity index (χ3n) is 3.71. The molecule has 0 aliphatic carbocycles. The standard InChI is InChI=1S/C13H22N5O4P/c1-9-4-21-23(19,22-5-9)8-20-10(2)3-18-7-17-11-12(14)15-6-16-13(11)18/h6,9-10,17H,3-5,7-8H2,1-2H3,(H2,14,15,16)/t9?,10-,23?/m1/s1. The van der Waals surface area contributed by atoms with Gasteiger partial charge in [0.2, 0.25) is 0 Å². The van der Waals surface area contributed by atoms with Crippen molar-refractivity contribution in [3.05, 3.63) is 6.33 Å². The summed E-state index contributed by atoms with van der Waals surface area (Å²) in [7, 11) is -3.13. The summed E-state index contributed by atoms with van der Waals surface area (Å²) >= 11 is 0. The minimum absolute atomic E-state index is 0.0407. The highest BCUT2D eigenvalue weighted by Gasteiger charge is 2.32. The van der Waals surface area contributed by atoms with Crippen LogP contribution in [-0.2, 0) is 18.3 Å². The summed E-state index contributed by atoms with van der Waals surface area (Å²) in [6.07, 6.45) is 1.22. The lowest BCUT2D eigenvalue weighted by Crippen LogP contribution is -2.33. The summed E-state index contributed by atoms with van der Waals surface area (Å²) in [5, 5.41) is 3.16. The molecule has 1 aromatic rings. The predicted molar refractivity (Wildman–Crippen MR) is 86.4 cm³/mol. The summed E-state index contributed by atoms with van der Waals surface area (Å²) in [5.74, 6) is 1.43. The van der Waals surface area contributed by atoms with E-state index in [0.717, 1.165) is 11.5 Å². The van der Waals surface area contributed by atoms with Gasteiger partial charge in [-0.15, -0.1) is 0 Å². The van der Waals surface area contributed by atoms with Crippen molar-refractivity contribution < 1.29 is 18.3 Å². The van der Waals surface area contributed by atoms with Crippen LogP contribution < -0.4 is 16.0 Å². The van der Waals surface area contributed by atoms with E-state index in [4.69, 9.17) is 19.5 Å². The summed E-state index contributed by atoms with van der Waals surface area (Å²) in [4.78, 5) is 10.2. The molecule has 1 aromatic heterocycles. The molecule has 128 valence electrons. The molecule has 23 heavy (non-hydrogen) atoms. The average Bonchev–Trinajstić information content (AvgIpc) is 2.93. The highest BCUT2D eigenvalue weighted by molar-refractivity contribution is 7.53. The molecule has 0 unspecified atom stereocenters. The highest BCUT2D eigenvalue weighted by atomic mass is 31.2. The van der Waals surface area contributed by atoms with Crippen molar-refractivity contribution in [1.82, 2.24) is 9.97 Å². The van der Waals surface area contributed by atoms with E-state index in [1.165, 1.54) is 6.33 Å². The van der Waals surface area contributed by atoms with Gasteiger partial charge in [-0.2, -0.15) is 0 Å². The lowest BCUT2D eigenvalue weighted by Gasteiger charge is -2.28. The summed E-state index contributed by atoms with van der Waals surface area (Å²) in [5.41, 5.74) is 6.54. The van der Waals surface area contributed by atoms with Crippen molar-refractivity contribution in [3.63, 3.8) is 0 Å². The van der Waals surface area contributed by atoms with E-state index in [1.54, 1.807) is 0 Å². The Morgan fingerprint density at radius 2 is 2.26 bits per heavy atom. The number of hydrogen-bond donors (Lipinski definition) is 2. The van der Waals surface area contributed by atoms with Crippen molar-refractivity contribution in [1.29, 1.82) is 0 Å². The maximum Gasteiger partial charge on any atom is 0.356 e. The molecule has 1 saturated heterocycles. The van der Waals surface area contributed by atoms with Gasteiger partial charge >= 0.3 is 7.60 Å². The van der Waals surface area contributed by atoms with Crippen LogP contribution in [0.5, 0.6) is 0 Å². The van der Waals surface area contributed by atoms with Crippen LogP contribution in [0, 0.1) is 5.92 Å². The van der Waals surface area contributed by atoms with Crippen molar-refractivity contribution in [3.8, 4) is 0 Å². The van der Waals surface area contributed by atoms with Gasteiger partial charge in [0.1, 0.15) is 18.4 Å². The zero-order valence-corrected chi connectivity index (χ0v) is 14.2. The van der Waals surface area contributed by atoms with Crippen LogP contribution in [0.15, 0.2) is 6.33 Å². The SMILES string of the molecule is CC1COP(=O)(CO[C@H](C)CN2CNc3c(N)ncnc32)OC1. The minimum Gasteiger partial charge on any atom is -0.382 e. The van der Waals surface area contributed by atoms with Crippen LogP contribution in [-0.4, -0.2) is 48.8 Å². The number of rotatable bonds is 5. The molecule has 0 amide bonds. The fourth-order valence-electron chi connectivity index (χ4n) is 2.42. The maximum absolute atomic E-state index is 12.3. The molecular formula is C13H22N5O4P. The number of fused-ring (bicyclic) bond motifs is 1. The van der Waals surface area contributed by atoms with Crippen LogP contribution >= 0.6 is 7.60 Å². The maximum atomic E-state index is 12.3. The predicted octanol–water partition coefficient (Wildman–Crippen LogP) is 1.49. The third kappa shape index (κ3) is 3.74. The Kier molecular flexibility index (Phi) is 4.72. The zero-order chi connectivity index (χ0) is 16.4. The molecule has 10 heteroatoms. The van der Waals surface area contributed by atoms with Gasteiger partial charge in [-0.3, -0.25) is 4.57 Å². The number of ether oxygens (including phenoxy) is 1. The van der Waals surface area contributed by atoms with Crippen LogP contribution in [0.1, 0.15) is 13.8 Å². The molecule has 0 bridgehead atoms. The second kappa shape index (κ2) is 6.60.